The van der Waals surface area contributed by atoms with E-state index in [1.165, 1.54) is 11.8 Å². The van der Waals surface area contributed by atoms with Crippen LogP contribution in [0.15, 0.2) is 65.7 Å². The highest BCUT2D eigenvalue weighted by atomic mass is 32.2. The van der Waals surface area contributed by atoms with E-state index < -0.39 is 0 Å². The molecule has 0 fully saturated rings. The molecule has 1 aliphatic heterocycles. The SMILES string of the molecule is COc1cccc(NC(=O)CSC2=Nc3cccc4cccc(c34)N2)c1. The van der Waals surface area contributed by atoms with E-state index in [-0.39, 0.29) is 11.7 Å². The summed E-state index contributed by atoms with van der Waals surface area (Å²) in [6, 6.07) is 19.5. The molecule has 0 saturated carbocycles. The van der Waals surface area contributed by atoms with E-state index in [1.807, 2.05) is 42.5 Å². The minimum Gasteiger partial charge on any atom is -0.497 e. The first kappa shape index (κ1) is 16.5. The fraction of sp³-hybridized carbons (Fsp3) is 0.100. The summed E-state index contributed by atoms with van der Waals surface area (Å²) in [6.45, 7) is 0. The minimum absolute atomic E-state index is 0.0928. The van der Waals surface area contributed by atoms with Crippen molar-refractivity contribution in [2.24, 2.45) is 4.99 Å². The summed E-state index contributed by atoms with van der Waals surface area (Å²) in [4.78, 5) is 16.9. The van der Waals surface area contributed by atoms with E-state index in [4.69, 9.17) is 4.74 Å². The minimum atomic E-state index is -0.0928. The molecule has 0 bridgehead atoms. The molecule has 1 amide bonds. The summed E-state index contributed by atoms with van der Waals surface area (Å²) >= 11 is 1.38. The highest BCUT2D eigenvalue weighted by molar-refractivity contribution is 8.14. The highest BCUT2D eigenvalue weighted by Gasteiger charge is 2.15. The summed E-state index contributed by atoms with van der Waals surface area (Å²) in [5.74, 6) is 0.879. The van der Waals surface area contributed by atoms with Crippen molar-refractivity contribution in [1.29, 1.82) is 0 Å². The van der Waals surface area contributed by atoms with Crippen LogP contribution in [0.25, 0.3) is 10.8 Å². The zero-order valence-electron chi connectivity index (χ0n) is 14.2. The van der Waals surface area contributed by atoms with Gasteiger partial charge in [-0.05, 0) is 29.7 Å². The van der Waals surface area contributed by atoms with Crippen LogP contribution in [0, 0.1) is 0 Å². The van der Waals surface area contributed by atoms with Crippen LogP contribution >= 0.6 is 11.8 Å². The van der Waals surface area contributed by atoms with Gasteiger partial charge in [0.2, 0.25) is 5.91 Å². The van der Waals surface area contributed by atoms with Crippen LogP contribution in [0.2, 0.25) is 0 Å². The number of nitrogens with one attached hydrogen (secondary N) is 2. The number of anilines is 2. The molecule has 26 heavy (non-hydrogen) atoms. The molecule has 0 aromatic heterocycles. The van der Waals surface area contributed by atoms with Gasteiger partial charge >= 0.3 is 0 Å². The molecule has 5 nitrogen and oxygen atoms in total. The van der Waals surface area contributed by atoms with Crippen LogP contribution < -0.4 is 15.4 Å². The monoisotopic (exact) mass is 363 g/mol. The Labute approximate surface area is 155 Å². The molecule has 3 aromatic rings. The first-order valence-electron chi connectivity index (χ1n) is 8.17. The van der Waals surface area contributed by atoms with Crippen molar-refractivity contribution in [3.05, 3.63) is 60.7 Å². The van der Waals surface area contributed by atoms with E-state index in [2.05, 4.69) is 27.8 Å². The topological polar surface area (TPSA) is 62.7 Å². The van der Waals surface area contributed by atoms with Crippen LogP contribution in [-0.2, 0) is 4.79 Å². The summed E-state index contributed by atoms with van der Waals surface area (Å²) in [5.41, 5.74) is 2.65. The van der Waals surface area contributed by atoms with E-state index in [0.29, 0.717) is 11.4 Å². The number of thioether (sulfide) groups is 1. The Morgan fingerprint density at radius 2 is 1.96 bits per heavy atom. The number of nitrogens with zero attached hydrogens (tertiary/aromatic N) is 1. The molecule has 3 aromatic carbocycles. The number of hydrogen-bond acceptors (Lipinski definition) is 5. The number of amides is 1. The van der Waals surface area contributed by atoms with Crippen molar-refractivity contribution in [3.8, 4) is 5.75 Å². The Kier molecular flexibility index (Phi) is 4.50. The van der Waals surface area contributed by atoms with Crippen molar-refractivity contribution in [2.45, 2.75) is 0 Å². The molecule has 0 unspecified atom stereocenters. The first-order chi connectivity index (χ1) is 12.7. The number of amidine groups is 1. The number of ether oxygens (including phenoxy) is 1. The molecule has 0 spiro atoms. The number of hydrogen-bond donors (Lipinski definition) is 2. The highest BCUT2D eigenvalue weighted by Crippen LogP contribution is 2.36. The smallest absolute Gasteiger partial charge is 0.234 e. The van der Waals surface area contributed by atoms with Crippen molar-refractivity contribution >= 4 is 50.7 Å². The maximum Gasteiger partial charge on any atom is 0.234 e. The normalized spacial score (nSPS) is 12.3. The molecule has 130 valence electrons. The molecule has 6 heteroatoms. The van der Waals surface area contributed by atoms with Gasteiger partial charge in [0.25, 0.3) is 0 Å². The fourth-order valence-electron chi connectivity index (χ4n) is 2.87. The molecule has 0 aliphatic carbocycles. The number of benzene rings is 3. The Morgan fingerprint density at radius 1 is 1.15 bits per heavy atom. The lowest BCUT2D eigenvalue weighted by atomic mass is 10.1. The maximum atomic E-state index is 12.2. The second-order valence-corrected chi connectivity index (χ2v) is 6.76. The zero-order valence-corrected chi connectivity index (χ0v) is 15.0. The predicted molar refractivity (Wildman–Crippen MR) is 109 cm³/mol. The van der Waals surface area contributed by atoms with Gasteiger partial charge in [-0.2, -0.15) is 0 Å². The molecule has 1 aliphatic rings. The zero-order chi connectivity index (χ0) is 17.9. The second kappa shape index (κ2) is 7.09. The maximum absolute atomic E-state index is 12.2. The number of methoxy groups -OCH3 is 1. The molecular weight excluding hydrogens is 346 g/mol. The number of aliphatic imine (C=N–C) groups is 1. The molecule has 4 rings (SSSR count). The van der Waals surface area contributed by atoms with E-state index in [0.717, 1.165) is 27.3 Å². The van der Waals surface area contributed by atoms with E-state index in [1.54, 1.807) is 13.2 Å². The van der Waals surface area contributed by atoms with Crippen molar-refractivity contribution < 1.29 is 9.53 Å². The molecule has 2 N–H and O–H groups in total. The third kappa shape index (κ3) is 3.36. The standard InChI is InChI=1S/C20H17N3O2S/c1-25-15-8-4-7-14(11-15)21-18(24)12-26-20-22-16-9-2-5-13-6-3-10-17(23-20)19(13)16/h2-11H,12H2,1H3,(H,21,24)(H,22,23). The van der Waals surface area contributed by atoms with Gasteiger partial charge in [-0.25, -0.2) is 4.99 Å². The molecule has 0 saturated heterocycles. The van der Waals surface area contributed by atoms with Gasteiger partial charge in [0.05, 0.1) is 24.2 Å². The van der Waals surface area contributed by atoms with Gasteiger partial charge in [0, 0.05) is 17.1 Å². The van der Waals surface area contributed by atoms with Gasteiger partial charge in [-0.3, -0.25) is 4.79 Å². The molecule has 0 radical (unpaired) electrons. The quantitative estimate of drug-likeness (QED) is 0.709. The number of rotatable bonds is 4. The Morgan fingerprint density at radius 3 is 2.81 bits per heavy atom. The van der Waals surface area contributed by atoms with Gasteiger partial charge in [0.15, 0.2) is 5.17 Å². The van der Waals surface area contributed by atoms with Gasteiger partial charge < -0.3 is 15.4 Å². The average molecular weight is 363 g/mol. The van der Waals surface area contributed by atoms with Gasteiger partial charge in [0.1, 0.15) is 5.75 Å². The Hall–Kier alpha value is -2.99. The van der Waals surface area contributed by atoms with E-state index >= 15 is 0 Å². The lowest BCUT2D eigenvalue weighted by Crippen LogP contribution is -2.18. The largest absolute Gasteiger partial charge is 0.497 e. The molecule has 1 heterocycles. The summed E-state index contributed by atoms with van der Waals surface area (Å²) in [6.07, 6.45) is 0. The summed E-state index contributed by atoms with van der Waals surface area (Å²) in [5, 5.41) is 9.16. The van der Waals surface area contributed by atoms with Crippen LogP contribution in [0.3, 0.4) is 0 Å². The van der Waals surface area contributed by atoms with Crippen molar-refractivity contribution in [3.63, 3.8) is 0 Å². The third-order valence-corrected chi connectivity index (χ3v) is 4.91. The van der Waals surface area contributed by atoms with Gasteiger partial charge in [-0.15, -0.1) is 0 Å². The molecular formula is C20H17N3O2S. The lowest BCUT2D eigenvalue weighted by molar-refractivity contribution is -0.113. The third-order valence-electron chi connectivity index (χ3n) is 4.04. The van der Waals surface area contributed by atoms with Crippen molar-refractivity contribution in [2.75, 3.05) is 23.5 Å². The van der Waals surface area contributed by atoms with Gasteiger partial charge in [-0.1, -0.05) is 42.1 Å². The van der Waals surface area contributed by atoms with Crippen molar-refractivity contribution in [1.82, 2.24) is 0 Å². The number of carbonyl (C=O) groups is 1. The summed E-state index contributed by atoms with van der Waals surface area (Å²) in [7, 11) is 1.60. The van der Waals surface area contributed by atoms with Crippen LogP contribution in [0.1, 0.15) is 0 Å². The predicted octanol–water partition coefficient (Wildman–Crippen LogP) is 4.63. The van der Waals surface area contributed by atoms with E-state index in [9.17, 15) is 4.79 Å². The molecule has 0 atom stereocenters. The van der Waals surface area contributed by atoms with Crippen LogP contribution in [0.5, 0.6) is 5.75 Å². The first-order valence-corrected chi connectivity index (χ1v) is 9.16. The Balaban J connectivity index is 1.44. The summed E-state index contributed by atoms with van der Waals surface area (Å²) < 4.78 is 5.17. The lowest BCUT2D eigenvalue weighted by Gasteiger charge is -2.18. The van der Waals surface area contributed by atoms with Crippen LogP contribution in [0.4, 0.5) is 17.1 Å². The Bertz CT molecular complexity index is 1010. The average Bonchev–Trinajstić information content (AvgIpc) is 2.67. The number of carbonyl (C=O) groups excluding carboxylic acids is 1. The fourth-order valence-corrected chi connectivity index (χ4v) is 3.56. The second-order valence-electron chi connectivity index (χ2n) is 5.79. The van der Waals surface area contributed by atoms with Crippen LogP contribution in [-0.4, -0.2) is 23.9 Å².